The number of piperidine rings is 1. The Balaban J connectivity index is 0.820. The van der Waals surface area contributed by atoms with E-state index in [9.17, 15) is 14.4 Å². The number of nitrogens with zero attached hydrogens (tertiary/aromatic N) is 7. The number of fused-ring (bicyclic) bond motifs is 2. The molecular formula is C38H42FN9O4. The van der Waals surface area contributed by atoms with E-state index in [1.54, 1.807) is 36.2 Å². The first-order chi connectivity index (χ1) is 25.3. The number of aromatic nitrogens is 5. The van der Waals surface area contributed by atoms with Crippen molar-refractivity contribution < 1.29 is 23.5 Å². The van der Waals surface area contributed by atoms with Crippen molar-refractivity contribution in [2.75, 3.05) is 50.1 Å². The second-order valence-electron chi connectivity index (χ2n) is 14.1. The fraction of sp³-hybridized carbons (Fsp3) is 0.421. The minimum atomic E-state index is -0.621. The van der Waals surface area contributed by atoms with Gasteiger partial charge in [0.05, 0.1) is 36.3 Å². The Morgan fingerprint density at radius 3 is 2.63 bits per heavy atom. The third-order valence-corrected chi connectivity index (χ3v) is 11.0. The number of hydrogen-bond acceptors (Lipinski definition) is 9. The van der Waals surface area contributed by atoms with Crippen LogP contribution in [0.3, 0.4) is 0 Å². The number of imidazole rings is 1. The molecule has 0 spiro atoms. The van der Waals surface area contributed by atoms with Crippen LogP contribution in [-0.4, -0.2) is 86.8 Å². The molecule has 3 amide bonds. The zero-order chi connectivity index (χ0) is 35.8. The number of ether oxygens (including phenoxy) is 1. The number of benzene rings is 2. The number of rotatable bonds is 9. The predicted octanol–water partition coefficient (Wildman–Crippen LogP) is 4.94. The van der Waals surface area contributed by atoms with Gasteiger partial charge in [0.15, 0.2) is 11.5 Å². The topological polar surface area (TPSA) is 139 Å². The molecule has 5 heterocycles. The lowest BCUT2D eigenvalue weighted by Crippen LogP contribution is -2.47. The summed E-state index contributed by atoms with van der Waals surface area (Å²) in [6.07, 6.45) is 11.4. The van der Waals surface area contributed by atoms with Gasteiger partial charge in [-0.25, -0.2) is 9.37 Å². The molecule has 1 saturated carbocycles. The smallest absolute Gasteiger partial charge is 0.260 e. The molecule has 5 aromatic rings. The summed E-state index contributed by atoms with van der Waals surface area (Å²) in [7, 11) is 1.55. The molecule has 1 unspecified atom stereocenters. The zero-order valence-electron chi connectivity index (χ0n) is 29.1. The summed E-state index contributed by atoms with van der Waals surface area (Å²) < 4.78 is 24.3. The number of carbonyl (C=O) groups excluding carboxylic acids is 3. The van der Waals surface area contributed by atoms with Crippen LogP contribution in [0, 0.1) is 11.7 Å². The normalized spacial score (nSPS) is 21.4. The van der Waals surface area contributed by atoms with Gasteiger partial charge in [0.1, 0.15) is 11.6 Å². The lowest BCUT2D eigenvalue weighted by Gasteiger charge is -2.37. The highest BCUT2D eigenvalue weighted by Gasteiger charge is 2.31. The molecule has 3 aromatic heterocycles. The average molecular weight is 708 g/mol. The van der Waals surface area contributed by atoms with Gasteiger partial charge in [-0.05, 0) is 81.3 Å². The Morgan fingerprint density at radius 1 is 1.04 bits per heavy atom. The molecule has 8 rings (SSSR count). The Bertz CT molecular complexity index is 2130. The second-order valence-corrected chi connectivity index (χ2v) is 14.1. The molecule has 2 N–H and O–H groups in total. The maximum atomic E-state index is 15.1. The fourth-order valence-electron chi connectivity index (χ4n) is 7.98. The van der Waals surface area contributed by atoms with Crippen LogP contribution in [0.4, 0.5) is 15.9 Å². The summed E-state index contributed by atoms with van der Waals surface area (Å²) in [5, 5.41) is 15.3. The monoisotopic (exact) mass is 707 g/mol. The van der Waals surface area contributed by atoms with Crippen LogP contribution in [0.15, 0.2) is 61.1 Å². The molecule has 270 valence electrons. The number of piperazine rings is 1. The first kappa shape index (κ1) is 33.8. The van der Waals surface area contributed by atoms with E-state index < -0.39 is 17.6 Å². The maximum absolute atomic E-state index is 15.1. The lowest BCUT2D eigenvalue weighted by atomic mass is 9.84. The van der Waals surface area contributed by atoms with E-state index in [1.807, 2.05) is 30.5 Å². The van der Waals surface area contributed by atoms with E-state index in [2.05, 4.69) is 35.2 Å². The summed E-state index contributed by atoms with van der Waals surface area (Å²) in [5.41, 5.74) is 3.04. The highest BCUT2D eigenvalue weighted by atomic mass is 19.1. The van der Waals surface area contributed by atoms with Crippen molar-refractivity contribution in [1.29, 1.82) is 0 Å². The van der Waals surface area contributed by atoms with Crippen molar-refractivity contribution in [3.63, 3.8) is 0 Å². The maximum Gasteiger partial charge on any atom is 0.260 e. The standard InChI is InChI=1S/C38H42FN9O4/c1-52-33-21-32-25(19-30(33)38(51)42-35-22-40-34-3-2-13-41-48(34)35)23-47(44-32)26-6-4-24(5-7-26)12-14-45-15-17-46(18-16-45)27-8-9-28(31(39)20-27)29-10-11-36(49)43-37(29)50/h2-3,8-9,13,19-24,26,29H,4-7,10-12,14-18H2,1H3,(H,42,51)(H,43,49,50). The second kappa shape index (κ2) is 14.3. The first-order valence-corrected chi connectivity index (χ1v) is 18.1. The average Bonchev–Trinajstić information content (AvgIpc) is 3.78. The molecule has 52 heavy (non-hydrogen) atoms. The molecule has 0 radical (unpaired) electrons. The molecule has 1 aliphatic carbocycles. The van der Waals surface area contributed by atoms with Gasteiger partial charge in [-0.1, -0.05) is 6.07 Å². The van der Waals surface area contributed by atoms with Crippen LogP contribution in [0.5, 0.6) is 5.75 Å². The lowest BCUT2D eigenvalue weighted by molar-refractivity contribution is -0.134. The van der Waals surface area contributed by atoms with Crippen LogP contribution in [0.1, 0.15) is 72.8 Å². The molecular weight excluding hydrogens is 665 g/mol. The number of methoxy groups -OCH3 is 1. The van der Waals surface area contributed by atoms with Crippen molar-refractivity contribution in [3.8, 4) is 5.75 Å². The van der Waals surface area contributed by atoms with Gasteiger partial charge in [0.25, 0.3) is 5.91 Å². The molecule has 0 bridgehead atoms. The van der Waals surface area contributed by atoms with Crippen molar-refractivity contribution >= 4 is 45.8 Å². The number of anilines is 2. The van der Waals surface area contributed by atoms with Gasteiger partial charge in [0.2, 0.25) is 11.8 Å². The Kier molecular flexibility index (Phi) is 9.30. The van der Waals surface area contributed by atoms with Crippen LogP contribution in [0.2, 0.25) is 0 Å². The SMILES string of the molecule is COc1cc2nn(C3CCC(CCN4CCN(c5ccc(C6CCC(=O)NC6=O)c(F)c5)CC4)CC3)cc2cc1C(=O)Nc1cnc2cccnn12. The van der Waals surface area contributed by atoms with E-state index >= 15 is 4.39 Å². The van der Waals surface area contributed by atoms with Gasteiger partial charge in [-0.3, -0.25) is 29.3 Å². The summed E-state index contributed by atoms with van der Waals surface area (Å²) in [5.74, 6) is -0.442. The number of nitrogens with one attached hydrogen (secondary N) is 2. The van der Waals surface area contributed by atoms with Crippen molar-refractivity contribution in [1.82, 2.24) is 34.6 Å². The van der Waals surface area contributed by atoms with E-state index in [4.69, 9.17) is 9.84 Å². The number of halogens is 1. The Labute approximate surface area is 300 Å². The van der Waals surface area contributed by atoms with Gasteiger partial charge in [0, 0.05) is 67.7 Å². The van der Waals surface area contributed by atoms with Crippen molar-refractivity contribution in [3.05, 3.63) is 78.0 Å². The molecule has 13 nitrogen and oxygen atoms in total. The summed E-state index contributed by atoms with van der Waals surface area (Å²) in [6.45, 7) is 4.54. The Hall–Kier alpha value is -5.37. The third-order valence-electron chi connectivity index (χ3n) is 11.0. The van der Waals surface area contributed by atoms with E-state index in [0.717, 1.165) is 81.4 Å². The highest BCUT2D eigenvalue weighted by molar-refractivity contribution is 6.08. The van der Waals surface area contributed by atoms with E-state index in [0.29, 0.717) is 46.7 Å². The highest BCUT2D eigenvalue weighted by Crippen LogP contribution is 2.36. The van der Waals surface area contributed by atoms with Crippen LogP contribution in [0.25, 0.3) is 16.6 Å². The van der Waals surface area contributed by atoms with Crippen molar-refractivity contribution in [2.24, 2.45) is 5.92 Å². The van der Waals surface area contributed by atoms with E-state index in [-0.39, 0.29) is 18.2 Å². The van der Waals surface area contributed by atoms with Gasteiger partial charge in [-0.15, -0.1) is 0 Å². The number of hydrogen-bond donors (Lipinski definition) is 2. The minimum absolute atomic E-state index is 0.230. The molecule has 14 heteroatoms. The minimum Gasteiger partial charge on any atom is -0.496 e. The molecule has 2 aromatic carbocycles. The van der Waals surface area contributed by atoms with Crippen LogP contribution < -0.4 is 20.3 Å². The largest absolute Gasteiger partial charge is 0.496 e. The van der Waals surface area contributed by atoms with E-state index in [1.165, 1.54) is 6.07 Å². The summed E-state index contributed by atoms with van der Waals surface area (Å²) in [4.78, 5) is 46.1. The summed E-state index contributed by atoms with van der Waals surface area (Å²) >= 11 is 0. The Morgan fingerprint density at radius 2 is 1.87 bits per heavy atom. The summed E-state index contributed by atoms with van der Waals surface area (Å²) in [6, 6.07) is 12.7. The molecule has 2 aliphatic heterocycles. The quantitative estimate of drug-likeness (QED) is 0.204. The molecule has 3 fully saturated rings. The van der Waals surface area contributed by atoms with Gasteiger partial charge < -0.3 is 15.0 Å². The third kappa shape index (κ3) is 6.82. The molecule has 1 atom stereocenters. The van der Waals surface area contributed by atoms with Crippen LogP contribution in [-0.2, 0) is 9.59 Å². The number of carbonyl (C=O) groups is 3. The first-order valence-electron chi connectivity index (χ1n) is 18.1. The number of amides is 3. The van der Waals surface area contributed by atoms with Crippen LogP contribution >= 0.6 is 0 Å². The van der Waals surface area contributed by atoms with Gasteiger partial charge in [-0.2, -0.15) is 14.7 Å². The van der Waals surface area contributed by atoms with Gasteiger partial charge >= 0.3 is 0 Å². The fourth-order valence-corrected chi connectivity index (χ4v) is 7.98. The zero-order valence-corrected chi connectivity index (χ0v) is 29.1. The molecule has 3 aliphatic rings. The molecule has 2 saturated heterocycles. The van der Waals surface area contributed by atoms with Crippen molar-refractivity contribution in [2.45, 2.75) is 56.9 Å². The number of imide groups is 1. The predicted molar refractivity (Wildman–Crippen MR) is 193 cm³/mol.